The third kappa shape index (κ3) is 5.00. The third-order valence-corrected chi connectivity index (χ3v) is 4.73. The molecule has 3 aromatic rings. The van der Waals surface area contributed by atoms with Crippen LogP contribution in [0.2, 0.25) is 0 Å². The van der Waals surface area contributed by atoms with Gasteiger partial charge in [0.25, 0.3) is 0 Å². The van der Waals surface area contributed by atoms with Gasteiger partial charge in [0, 0.05) is 12.8 Å². The number of halogens is 4. The van der Waals surface area contributed by atoms with Crippen LogP contribution in [0.15, 0.2) is 53.7 Å². The Balaban J connectivity index is 1.63. The Bertz CT molecular complexity index is 910. The Hall–Kier alpha value is -2.55. The second-order valence-electron chi connectivity index (χ2n) is 5.68. The Morgan fingerprint density at radius 2 is 1.74 bits per heavy atom. The van der Waals surface area contributed by atoms with E-state index in [0.29, 0.717) is 22.3 Å². The first-order valence-corrected chi connectivity index (χ1v) is 8.87. The molecule has 1 heterocycles. The Morgan fingerprint density at radius 1 is 1.04 bits per heavy atom. The molecule has 2 aromatic carbocycles. The summed E-state index contributed by atoms with van der Waals surface area (Å²) in [5.74, 6) is 0.732. The van der Waals surface area contributed by atoms with Crippen LogP contribution in [0.25, 0.3) is 11.4 Å². The molecule has 27 heavy (non-hydrogen) atoms. The molecule has 1 aromatic heterocycles. The number of thioether (sulfide) groups is 1. The molecule has 4 nitrogen and oxygen atoms in total. The van der Waals surface area contributed by atoms with Crippen LogP contribution in [0.1, 0.15) is 5.56 Å². The van der Waals surface area contributed by atoms with Crippen molar-refractivity contribution >= 4 is 11.8 Å². The number of hydrogen-bond acceptors (Lipinski definition) is 4. The number of ether oxygens (including phenoxy) is 1. The number of benzene rings is 2. The van der Waals surface area contributed by atoms with Crippen molar-refractivity contribution in [2.45, 2.75) is 17.1 Å². The molecule has 0 aliphatic carbocycles. The standard InChI is InChI=1S/C18H15F4N3OS/c1-25-16(14-4-2-3-5-15(14)19)23-24-17(25)27-10-12-6-8-13(9-7-12)26-11-18(20,21)22/h2-9H,10-11H2,1H3. The molecule has 0 atom stereocenters. The molecule has 3 rings (SSSR count). The van der Waals surface area contributed by atoms with Crippen LogP contribution in [0.5, 0.6) is 5.75 Å². The zero-order chi connectivity index (χ0) is 19.4. The van der Waals surface area contributed by atoms with Gasteiger partial charge in [0.2, 0.25) is 0 Å². The fraction of sp³-hybridized carbons (Fsp3) is 0.222. The lowest BCUT2D eigenvalue weighted by Crippen LogP contribution is -2.19. The van der Waals surface area contributed by atoms with Gasteiger partial charge in [-0.05, 0) is 29.8 Å². The molecule has 0 aliphatic rings. The van der Waals surface area contributed by atoms with Crippen LogP contribution in [-0.4, -0.2) is 27.5 Å². The first kappa shape index (κ1) is 19.2. The largest absolute Gasteiger partial charge is 0.484 e. The minimum absolute atomic E-state index is 0.154. The molecule has 0 unspecified atom stereocenters. The quantitative estimate of drug-likeness (QED) is 0.440. The zero-order valence-electron chi connectivity index (χ0n) is 14.2. The van der Waals surface area contributed by atoms with Crippen LogP contribution in [0.3, 0.4) is 0 Å². The summed E-state index contributed by atoms with van der Waals surface area (Å²) in [4.78, 5) is 0. The van der Waals surface area contributed by atoms with Crippen molar-refractivity contribution in [2.24, 2.45) is 7.05 Å². The van der Waals surface area contributed by atoms with Crippen molar-refractivity contribution in [1.29, 1.82) is 0 Å². The predicted octanol–water partition coefficient (Wildman–Crippen LogP) is 4.85. The SMILES string of the molecule is Cn1c(SCc2ccc(OCC(F)(F)F)cc2)nnc1-c1ccccc1F. The molecule has 0 saturated heterocycles. The minimum atomic E-state index is -4.37. The fourth-order valence-corrected chi connectivity index (χ4v) is 3.18. The van der Waals surface area contributed by atoms with Crippen molar-refractivity contribution in [1.82, 2.24) is 14.8 Å². The first-order valence-electron chi connectivity index (χ1n) is 7.89. The van der Waals surface area contributed by atoms with Gasteiger partial charge in [-0.2, -0.15) is 13.2 Å². The van der Waals surface area contributed by atoms with Crippen LogP contribution >= 0.6 is 11.8 Å². The molecular weight excluding hydrogens is 382 g/mol. The minimum Gasteiger partial charge on any atom is -0.484 e. The predicted molar refractivity (Wildman–Crippen MR) is 94.0 cm³/mol. The van der Waals surface area contributed by atoms with Gasteiger partial charge < -0.3 is 9.30 Å². The van der Waals surface area contributed by atoms with E-state index in [1.165, 1.54) is 30.0 Å². The smallest absolute Gasteiger partial charge is 0.422 e. The van der Waals surface area contributed by atoms with Gasteiger partial charge in [-0.3, -0.25) is 0 Å². The molecule has 0 bridgehead atoms. The summed E-state index contributed by atoms with van der Waals surface area (Å²) in [6.07, 6.45) is -4.37. The number of alkyl halides is 3. The average molecular weight is 397 g/mol. The van der Waals surface area contributed by atoms with Gasteiger partial charge >= 0.3 is 6.18 Å². The van der Waals surface area contributed by atoms with Gasteiger partial charge in [0.15, 0.2) is 17.6 Å². The number of aromatic nitrogens is 3. The van der Waals surface area contributed by atoms with Crippen molar-refractivity contribution < 1.29 is 22.3 Å². The van der Waals surface area contributed by atoms with Crippen molar-refractivity contribution in [3.8, 4) is 17.1 Å². The Labute approximate surface area is 157 Å². The van der Waals surface area contributed by atoms with E-state index in [4.69, 9.17) is 0 Å². The molecule has 0 saturated carbocycles. The maximum atomic E-state index is 13.9. The summed E-state index contributed by atoms with van der Waals surface area (Å²) < 4.78 is 56.7. The monoisotopic (exact) mass is 397 g/mol. The van der Waals surface area contributed by atoms with E-state index >= 15 is 0 Å². The maximum Gasteiger partial charge on any atom is 0.422 e. The van der Waals surface area contributed by atoms with Gasteiger partial charge in [0.05, 0.1) is 5.56 Å². The van der Waals surface area contributed by atoms with Gasteiger partial charge in [-0.15, -0.1) is 10.2 Å². The van der Waals surface area contributed by atoms with E-state index in [0.717, 1.165) is 5.56 Å². The highest BCUT2D eigenvalue weighted by atomic mass is 32.2. The second-order valence-corrected chi connectivity index (χ2v) is 6.62. The summed E-state index contributed by atoms with van der Waals surface area (Å²) in [5.41, 5.74) is 1.25. The molecule has 0 fully saturated rings. The average Bonchev–Trinajstić information content (AvgIpc) is 2.99. The summed E-state index contributed by atoms with van der Waals surface area (Å²) in [7, 11) is 1.75. The second kappa shape index (κ2) is 7.99. The normalized spacial score (nSPS) is 11.6. The molecule has 0 spiro atoms. The topological polar surface area (TPSA) is 39.9 Å². The van der Waals surface area contributed by atoms with E-state index < -0.39 is 12.8 Å². The van der Waals surface area contributed by atoms with E-state index in [1.807, 2.05) is 0 Å². The van der Waals surface area contributed by atoms with E-state index in [1.54, 1.807) is 41.9 Å². The Morgan fingerprint density at radius 3 is 2.41 bits per heavy atom. The van der Waals surface area contributed by atoms with E-state index in [9.17, 15) is 17.6 Å². The molecular formula is C18H15F4N3OS. The number of hydrogen-bond donors (Lipinski definition) is 0. The molecule has 0 radical (unpaired) electrons. The molecule has 0 amide bonds. The third-order valence-electron chi connectivity index (χ3n) is 3.64. The Kier molecular flexibility index (Phi) is 5.69. The molecule has 0 aliphatic heterocycles. The number of nitrogens with zero attached hydrogens (tertiary/aromatic N) is 3. The fourth-order valence-electron chi connectivity index (χ4n) is 2.31. The van der Waals surface area contributed by atoms with E-state index in [2.05, 4.69) is 14.9 Å². The highest BCUT2D eigenvalue weighted by molar-refractivity contribution is 7.98. The highest BCUT2D eigenvalue weighted by Gasteiger charge is 2.28. The highest BCUT2D eigenvalue weighted by Crippen LogP contribution is 2.27. The van der Waals surface area contributed by atoms with Crippen LogP contribution < -0.4 is 4.74 Å². The van der Waals surface area contributed by atoms with Crippen LogP contribution in [-0.2, 0) is 12.8 Å². The first-order chi connectivity index (χ1) is 12.8. The van der Waals surface area contributed by atoms with Crippen LogP contribution in [0, 0.1) is 5.82 Å². The maximum absolute atomic E-state index is 13.9. The number of rotatable bonds is 6. The van der Waals surface area contributed by atoms with Gasteiger partial charge in [0.1, 0.15) is 11.6 Å². The lowest BCUT2D eigenvalue weighted by Gasteiger charge is -2.09. The molecule has 9 heteroatoms. The van der Waals surface area contributed by atoms with Crippen molar-refractivity contribution in [3.63, 3.8) is 0 Å². The molecule has 0 N–H and O–H groups in total. The lowest BCUT2D eigenvalue weighted by atomic mass is 10.2. The molecule has 142 valence electrons. The van der Waals surface area contributed by atoms with Crippen LogP contribution in [0.4, 0.5) is 17.6 Å². The van der Waals surface area contributed by atoms with Gasteiger partial charge in [-0.1, -0.05) is 36.0 Å². The summed E-state index contributed by atoms with van der Waals surface area (Å²) in [5, 5.41) is 8.73. The van der Waals surface area contributed by atoms with Gasteiger partial charge in [-0.25, -0.2) is 4.39 Å². The summed E-state index contributed by atoms with van der Waals surface area (Å²) in [6, 6.07) is 12.7. The lowest BCUT2D eigenvalue weighted by molar-refractivity contribution is -0.153. The summed E-state index contributed by atoms with van der Waals surface area (Å²) in [6.45, 7) is -1.32. The van der Waals surface area contributed by atoms with E-state index in [-0.39, 0.29) is 11.6 Å². The van der Waals surface area contributed by atoms with Crippen molar-refractivity contribution in [2.75, 3.05) is 6.61 Å². The summed E-state index contributed by atoms with van der Waals surface area (Å²) >= 11 is 1.39. The zero-order valence-corrected chi connectivity index (χ0v) is 15.0. The van der Waals surface area contributed by atoms with Crippen molar-refractivity contribution in [3.05, 3.63) is 59.9 Å².